The zero-order valence-electron chi connectivity index (χ0n) is 13.8. The number of hydrogen-bond acceptors (Lipinski definition) is 5. The number of carbonyl (C=O) groups excluding carboxylic acids is 1. The second kappa shape index (κ2) is 7.95. The lowest BCUT2D eigenvalue weighted by atomic mass is 9.84. The SMILES string of the molecule is C[C@H]1CCc2nc(SCC(=O)NCC(=O)O)c(C#N)c(C(F)(F)F)c2C1. The van der Waals surface area contributed by atoms with E-state index in [1.54, 1.807) is 6.07 Å². The second-order valence-corrected chi connectivity index (χ2v) is 6.97. The number of nitrogens with zero attached hydrogens (tertiary/aromatic N) is 2. The molecule has 1 amide bonds. The largest absolute Gasteiger partial charge is 0.480 e. The highest BCUT2D eigenvalue weighted by atomic mass is 32.2. The minimum absolute atomic E-state index is 0.0625. The van der Waals surface area contributed by atoms with Gasteiger partial charge in [-0.15, -0.1) is 0 Å². The molecule has 1 aliphatic rings. The minimum Gasteiger partial charge on any atom is -0.480 e. The summed E-state index contributed by atoms with van der Waals surface area (Å²) in [6.07, 6.45) is -3.41. The van der Waals surface area contributed by atoms with Crippen molar-refractivity contribution in [2.45, 2.75) is 37.4 Å². The fraction of sp³-hybridized carbons (Fsp3) is 0.500. The molecule has 1 atom stereocenters. The zero-order chi connectivity index (χ0) is 19.5. The third-order valence-electron chi connectivity index (χ3n) is 3.95. The number of nitrogens with one attached hydrogen (secondary N) is 1. The lowest BCUT2D eigenvalue weighted by Crippen LogP contribution is -2.30. The Morgan fingerprint density at radius 1 is 1.46 bits per heavy atom. The fourth-order valence-electron chi connectivity index (χ4n) is 2.79. The first-order valence-electron chi connectivity index (χ1n) is 7.77. The molecule has 2 rings (SSSR count). The van der Waals surface area contributed by atoms with Crippen molar-refractivity contribution < 1.29 is 27.9 Å². The number of carboxylic acid groups (broad SMARTS) is 1. The number of hydrogen-bond donors (Lipinski definition) is 2. The molecular weight excluding hydrogens is 371 g/mol. The van der Waals surface area contributed by atoms with Crippen LogP contribution in [-0.2, 0) is 28.6 Å². The lowest BCUT2D eigenvalue weighted by molar-refractivity contribution is -0.139. The van der Waals surface area contributed by atoms with Crippen molar-refractivity contribution in [1.82, 2.24) is 10.3 Å². The number of thioether (sulfide) groups is 1. The molecule has 6 nitrogen and oxygen atoms in total. The number of aliphatic carboxylic acids is 1. The molecule has 0 aromatic carbocycles. The summed E-state index contributed by atoms with van der Waals surface area (Å²) in [7, 11) is 0. The van der Waals surface area contributed by atoms with Crippen LogP contribution in [0.4, 0.5) is 13.2 Å². The van der Waals surface area contributed by atoms with Crippen LogP contribution >= 0.6 is 11.8 Å². The van der Waals surface area contributed by atoms with Crippen molar-refractivity contribution in [3.05, 3.63) is 22.4 Å². The molecule has 0 fully saturated rings. The molecule has 26 heavy (non-hydrogen) atoms. The predicted molar refractivity (Wildman–Crippen MR) is 86.5 cm³/mol. The van der Waals surface area contributed by atoms with Crippen molar-refractivity contribution in [3.8, 4) is 6.07 Å². The van der Waals surface area contributed by atoms with Crippen molar-refractivity contribution in [2.75, 3.05) is 12.3 Å². The van der Waals surface area contributed by atoms with E-state index in [4.69, 9.17) is 5.11 Å². The average molecular weight is 387 g/mol. The number of nitriles is 1. The Morgan fingerprint density at radius 3 is 2.73 bits per heavy atom. The number of carboxylic acids is 1. The topological polar surface area (TPSA) is 103 Å². The van der Waals surface area contributed by atoms with E-state index in [2.05, 4.69) is 10.3 Å². The smallest absolute Gasteiger partial charge is 0.418 e. The number of carbonyl (C=O) groups is 2. The number of pyridine rings is 1. The molecule has 0 unspecified atom stereocenters. The number of fused-ring (bicyclic) bond motifs is 1. The maximum absolute atomic E-state index is 13.6. The van der Waals surface area contributed by atoms with Gasteiger partial charge in [-0.3, -0.25) is 9.59 Å². The van der Waals surface area contributed by atoms with Gasteiger partial charge in [-0.05, 0) is 30.7 Å². The van der Waals surface area contributed by atoms with E-state index in [-0.39, 0.29) is 28.7 Å². The van der Waals surface area contributed by atoms with E-state index in [0.29, 0.717) is 30.3 Å². The fourth-order valence-corrected chi connectivity index (χ4v) is 3.63. The molecule has 0 aliphatic heterocycles. The van der Waals surface area contributed by atoms with Gasteiger partial charge in [-0.1, -0.05) is 18.7 Å². The molecule has 1 heterocycles. The summed E-state index contributed by atoms with van der Waals surface area (Å²) < 4.78 is 40.8. The maximum Gasteiger partial charge on any atom is 0.418 e. The van der Waals surface area contributed by atoms with Crippen LogP contribution < -0.4 is 5.32 Å². The summed E-state index contributed by atoms with van der Waals surface area (Å²) in [4.78, 5) is 26.2. The molecule has 10 heteroatoms. The summed E-state index contributed by atoms with van der Waals surface area (Å²) in [6.45, 7) is 1.26. The van der Waals surface area contributed by atoms with Crippen LogP contribution in [0.1, 0.15) is 35.7 Å². The Morgan fingerprint density at radius 2 is 2.15 bits per heavy atom. The van der Waals surface area contributed by atoms with E-state index in [1.165, 1.54) is 0 Å². The monoisotopic (exact) mass is 387 g/mol. The minimum atomic E-state index is -4.70. The van der Waals surface area contributed by atoms with Crippen LogP contribution in [0.25, 0.3) is 0 Å². The first-order valence-corrected chi connectivity index (χ1v) is 8.76. The van der Waals surface area contributed by atoms with Crippen molar-refractivity contribution >= 4 is 23.6 Å². The normalized spacial score (nSPS) is 16.5. The Labute approximate surface area is 151 Å². The lowest BCUT2D eigenvalue weighted by Gasteiger charge is -2.26. The molecular formula is C16H16F3N3O3S. The van der Waals surface area contributed by atoms with E-state index >= 15 is 0 Å². The maximum atomic E-state index is 13.6. The van der Waals surface area contributed by atoms with Crippen LogP contribution in [0.15, 0.2) is 5.03 Å². The van der Waals surface area contributed by atoms with E-state index < -0.39 is 35.7 Å². The number of amides is 1. The number of aryl methyl sites for hydroxylation is 1. The van der Waals surface area contributed by atoms with Gasteiger partial charge in [0.15, 0.2) is 0 Å². The Hall–Kier alpha value is -2.28. The molecule has 2 N–H and O–H groups in total. The van der Waals surface area contributed by atoms with Gasteiger partial charge >= 0.3 is 12.1 Å². The molecule has 0 bridgehead atoms. The number of aromatic nitrogens is 1. The molecule has 1 aliphatic carbocycles. The molecule has 1 aromatic heterocycles. The standard InChI is InChI=1S/C16H16F3N3O3S/c1-8-2-3-11-9(4-8)14(16(17,18)19)10(5-20)15(22-11)26-7-12(23)21-6-13(24)25/h8H,2-4,6-7H2,1H3,(H,21,23)(H,24,25)/t8-/m0/s1. The quantitative estimate of drug-likeness (QED) is 0.752. The molecule has 0 spiro atoms. The van der Waals surface area contributed by atoms with Crippen LogP contribution in [-0.4, -0.2) is 34.3 Å². The molecule has 0 radical (unpaired) electrons. The second-order valence-electron chi connectivity index (χ2n) is 6.01. The highest BCUT2D eigenvalue weighted by Gasteiger charge is 2.40. The highest BCUT2D eigenvalue weighted by molar-refractivity contribution is 8.00. The van der Waals surface area contributed by atoms with Gasteiger partial charge < -0.3 is 10.4 Å². The van der Waals surface area contributed by atoms with Gasteiger partial charge in [0.1, 0.15) is 17.6 Å². The molecule has 1 aromatic rings. The van der Waals surface area contributed by atoms with Gasteiger partial charge in [-0.25, -0.2) is 4.98 Å². The van der Waals surface area contributed by atoms with Gasteiger partial charge in [0.05, 0.1) is 16.9 Å². The summed E-state index contributed by atoms with van der Waals surface area (Å²) in [5, 5.41) is 19.8. The van der Waals surface area contributed by atoms with Gasteiger partial charge in [-0.2, -0.15) is 18.4 Å². The van der Waals surface area contributed by atoms with Crippen molar-refractivity contribution in [1.29, 1.82) is 5.26 Å². The summed E-state index contributed by atoms with van der Waals surface area (Å²) >= 11 is 0.697. The van der Waals surface area contributed by atoms with Crippen molar-refractivity contribution in [2.24, 2.45) is 5.92 Å². The average Bonchev–Trinajstić information content (AvgIpc) is 2.55. The third-order valence-corrected chi connectivity index (χ3v) is 4.92. The Kier molecular flexibility index (Phi) is 6.13. The summed E-state index contributed by atoms with van der Waals surface area (Å²) in [5.74, 6) is -2.16. The number of alkyl halides is 3. The Balaban J connectivity index is 2.37. The van der Waals surface area contributed by atoms with E-state index in [0.717, 1.165) is 0 Å². The van der Waals surface area contributed by atoms with Crippen LogP contribution in [0.3, 0.4) is 0 Å². The highest BCUT2D eigenvalue weighted by Crippen LogP contribution is 2.41. The van der Waals surface area contributed by atoms with E-state index in [9.17, 15) is 28.0 Å². The third kappa shape index (κ3) is 4.66. The van der Waals surface area contributed by atoms with Gasteiger partial charge in [0.25, 0.3) is 0 Å². The predicted octanol–water partition coefficient (Wildman–Crippen LogP) is 2.39. The first-order chi connectivity index (χ1) is 12.1. The van der Waals surface area contributed by atoms with Crippen LogP contribution in [0.5, 0.6) is 0 Å². The van der Waals surface area contributed by atoms with Crippen LogP contribution in [0, 0.1) is 17.2 Å². The zero-order valence-corrected chi connectivity index (χ0v) is 14.6. The molecule has 140 valence electrons. The number of halogens is 3. The van der Waals surface area contributed by atoms with Crippen LogP contribution in [0.2, 0.25) is 0 Å². The summed E-state index contributed by atoms with van der Waals surface area (Å²) in [5.41, 5.74) is -1.18. The number of rotatable bonds is 5. The van der Waals surface area contributed by atoms with Gasteiger partial charge in [0.2, 0.25) is 5.91 Å². The van der Waals surface area contributed by atoms with Crippen molar-refractivity contribution in [3.63, 3.8) is 0 Å². The molecule has 0 saturated heterocycles. The summed E-state index contributed by atoms with van der Waals surface area (Å²) in [6, 6.07) is 1.58. The van der Waals surface area contributed by atoms with Gasteiger partial charge in [0, 0.05) is 5.69 Å². The Bertz CT molecular complexity index is 775. The van der Waals surface area contributed by atoms with E-state index in [1.807, 2.05) is 6.92 Å². The first kappa shape index (κ1) is 20.0. The molecule has 0 saturated carbocycles.